The van der Waals surface area contributed by atoms with Gasteiger partial charge in [-0.3, -0.25) is 0 Å². The molecule has 1 N–H and O–H groups in total. The Hall–Kier alpha value is -1.16. The number of benzene rings is 1. The molecular weight excluding hydrogens is 308 g/mol. The molecule has 3 rings (SSSR count). The van der Waals surface area contributed by atoms with Gasteiger partial charge < -0.3 is 15.0 Å². The monoisotopic (exact) mass is 346 g/mol. The van der Waals surface area contributed by atoms with E-state index < -0.39 is 0 Å². The normalized spacial score (nSPS) is 24.6. The summed E-state index contributed by atoms with van der Waals surface area (Å²) in [7, 11) is 1.78. The van der Waals surface area contributed by atoms with Gasteiger partial charge in [0, 0.05) is 27.2 Å². The quantitative estimate of drug-likeness (QED) is 0.789. The van der Waals surface area contributed by atoms with Crippen LogP contribution in [0, 0.1) is 5.92 Å². The van der Waals surface area contributed by atoms with Gasteiger partial charge in [0.1, 0.15) is 0 Å². The summed E-state index contributed by atoms with van der Waals surface area (Å²) in [6.45, 7) is 10.6. The highest BCUT2D eigenvalue weighted by Gasteiger charge is 2.39. The van der Waals surface area contributed by atoms with Gasteiger partial charge in [0.25, 0.3) is 0 Å². The van der Waals surface area contributed by atoms with E-state index in [1.165, 1.54) is 43.5 Å². The highest BCUT2D eigenvalue weighted by Crippen LogP contribution is 2.38. The fourth-order valence-corrected chi connectivity index (χ4v) is 3.65. The van der Waals surface area contributed by atoms with Gasteiger partial charge in [0.05, 0.1) is 6.61 Å². The Labute approximate surface area is 155 Å². The largest absolute Gasteiger partial charge is 0.383 e. The lowest BCUT2D eigenvalue weighted by Gasteiger charge is -2.32. The third-order valence-corrected chi connectivity index (χ3v) is 5.22. The van der Waals surface area contributed by atoms with Crippen LogP contribution in [-0.2, 0) is 4.74 Å². The molecule has 0 amide bonds. The van der Waals surface area contributed by atoms with Crippen molar-refractivity contribution in [1.82, 2.24) is 10.2 Å². The van der Waals surface area contributed by atoms with Gasteiger partial charge in [-0.15, -0.1) is 0 Å². The molecule has 142 valence electrons. The van der Waals surface area contributed by atoms with Crippen LogP contribution in [-0.4, -0.2) is 50.3 Å². The van der Waals surface area contributed by atoms with Crippen molar-refractivity contribution in [2.24, 2.45) is 5.92 Å². The third-order valence-electron chi connectivity index (χ3n) is 5.22. The van der Waals surface area contributed by atoms with E-state index in [2.05, 4.69) is 53.5 Å². The van der Waals surface area contributed by atoms with Crippen molar-refractivity contribution in [3.63, 3.8) is 0 Å². The average molecular weight is 347 g/mol. The lowest BCUT2D eigenvalue weighted by atomic mass is 10.0. The molecule has 0 bridgehead atoms. The number of ether oxygens (including phenoxy) is 1. The molecule has 2 aliphatic rings. The van der Waals surface area contributed by atoms with Crippen LogP contribution in [0.15, 0.2) is 35.9 Å². The summed E-state index contributed by atoms with van der Waals surface area (Å²) >= 11 is 0. The van der Waals surface area contributed by atoms with E-state index in [4.69, 9.17) is 4.74 Å². The van der Waals surface area contributed by atoms with Crippen molar-refractivity contribution in [2.75, 3.05) is 33.4 Å². The molecule has 1 aromatic carbocycles. The van der Waals surface area contributed by atoms with Gasteiger partial charge in [-0.1, -0.05) is 55.8 Å². The summed E-state index contributed by atoms with van der Waals surface area (Å²) in [4.78, 5) is 2.52. The molecular formula is C22H38N2O. The van der Waals surface area contributed by atoms with E-state index in [1.54, 1.807) is 7.11 Å². The molecule has 25 heavy (non-hydrogen) atoms. The predicted octanol–water partition coefficient (Wildman–Crippen LogP) is 4.45. The summed E-state index contributed by atoms with van der Waals surface area (Å²) in [6.07, 6.45) is 6.20. The number of likely N-dealkylation sites (tertiary alicyclic amines) is 1. The number of piperidine rings is 1. The molecule has 2 atom stereocenters. The van der Waals surface area contributed by atoms with Gasteiger partial charge in [0.2, 0.25) is 0 Å². The molecule has 3 nitrogen and oxygen atoms in total. The molecule has 2 fully saturated rings. The van der Waals surface area contributed by atoms with E-state index >= 15 is 0 Å². The van der Waals surface area contributed by atoms with Gasteiger partial charge in [-0.25, -0.2) is 0 Å². The van der Waals surface area contributed by atoms with E-state index in [9.17, 15) is 0 Å². The first kappa shape index (κ1) is 20.2. The van der Waals surface area contributed by atoms with E-state index in [1.807, 2.05) is 13.8 Å². The molecule has 0 unspecified atom stereocenters. The molecule has 1 saturated carbocycles. The number of methoxy groups -OCH3 is 1. The first-order valence-electron chi connectivity index (χ1n) is 9.97. The maximum absolute atomic E-state index is 5.17. The zero-order chi connectivity index (χ0) is 18.1. The predicted molar refractivity (Wildman–Crippen MR) is 110 cm³/mol. The molecule has 0 spiro atoms. The highest BCUT2D eigenvalue weighted by molar-refractivity contribution is 5.53. The Morgan fingerprint density at radius 2 is 1.92 bits per heavy atom. The maximum Gasteiger partial charge on any atom is 0.0589 e. The maximum atomic E-state index is 5.17. The Balaban J connectivity index is 0.00000109. The Bertz CT molecular complexity index is 512. The van der Waals surface area contributed by atoms with Crippen LogP contribution in [0.2, 0.25) is 0 Å². The van der Waals surface area contributed by atoms with Gasteiger partial charge in [0.15, 0.2) is 0 Å². The summed E-state index contributed by atoms with van der Waals surface area (Å²) in [5.41, 5.74) is 2.84. The minimum absolute atomic E-state index is 0. The summed E-state index contributed by atoms with van der Waals surface area (Å²) < 4.78 is 5.17. The second-order valence-electron chi connectivity index (χ2n) is 7.02. The van der Waals surface area contributed by atoms with Crippen molar-refractivity contribution in [3.05, 3.63) is 41.5 Å². The van der Waals surface area contributed by atoms with Gasteiger partial charge >= 0.3 is 0 Å². The number of nitrogens with one attached hydrogen (secondary N) is 1. The number of nitrogens with zero attached hydrogens (tertiary/aromatic N) is 1. The van der Waals surface area contributed by atoms with E-state index in [0.29, 0.717) is 12.1 Å². The molecule has 1 aliphatic heterocycles. The zero-order valence-electron chi connectivity index (χ0n) is 16.5. The fraction of sp³-hybridized carbons (Fsp3) is 0.636. The molecule has 0 aromatic heterocycles. The van der Waals surface area contributed by atoms with Crippen molar-refractivity contribution in [1.29, 1.82) is 0 Å². The summed E-state index contributed by atoms with van der Waals surface area (Å²) in [5.74, 6) is 0.738. The lowest BCUT2D eigenvalue weighted by molar-refractivity contribution is 0.125. The molecule has 3 heteroatoms. The number of hydrogen-bond donors (Lipinski definition) is 1. The van der Waals surface area contributed by atoms with Crippen LogP contribution >= 0.6 is 0 Å². The van der Waals surface area contributed by atoms with Crippen LogP contribution < -0.4 is 5.32 Å². The lowest BCUT2D eigenvalue weighted by Crippen LogP contribution is -2.44. The van der Waals surface area contributed by atoms with Crippen molar-refractivity contribution in [2.45, 2.75) is 52.1 Å². The molecule has 1 aliphatic carbocycles. The first-order valence-corrected chi connectivity index (χ1v) is 9.97. The van der Waals surface area contributed by atoms with Crippen LogP contribution in [0.5, 0.6) is 0 Å². The molecule has 1 heterocycles. The van der Waals surface area contributed by atoms with Crippen molar-refractivity contribution in [3.8, 4) is 0 Å². The highest BCUT2D eigenvalue weighted by atomic mass is 16.5. The minimum Gasteiger partial charge on any atom is -0.383 e. The Kier molecular flexibility index (Phi) is 8.66. The minimum atomic E-state index is 0. The second kappa shape index (κ2) is 10.7. The number of hydrogen-bond acceptors (Lipinski definition) is 3. The average Bonchev–Trinajstić information content (AvgIpc) is 3.43. The topological polar surface area (TPSA) is 24.5 Å². The van der Waals surface area contributed by atoms with Crippen molar-refractivity contribution >= 4 is 6.08 Å². The number of rotatable bonds is 7. The van der Waals surface area contributed by atoms with Crippen molar-refractivity contribution < 1.29 is 6.16 Å². The first-order chi connectivity index (χ1) is 12.3. The van der Waals surface area contributed by atoms with Crippen LogP contribution in [0.3, 0.4) is 0 Å². The van der Waals surface area contributed by atoms with Gasteiger partial charge in [-0.05, 0) is 50.8 Å². The third kappa shape index (κ3) is 6.58. The standard InChI is InChI=1S/C20H30N2O.C2H6.H2/c1-16(14-17-6-4-3-5-7-17)19-15-20(19)21-18-8-10-22(11-9-18)12-13-23-2;1-2;/h3-7,14,18-21H,8-13,15H2,1-2H3;1-2H3;1H/b16-14+;;/t19-,20+;;/m0../s1. The van der Waals surface area contributed by atoms with Gasteiger partial charge in [-0.2, -0.15) is 0 Å². The smallest absolute Gasteiger partial charge is 0.0589 e. The van der Waals surface area contributed by atoms with Crippen LogP contribution in [0.4, 0.5) is 0 Å². The summed E-state index contributed by atoms with van der Waals surface area (Å²) in [5, 5.41) is 3.89. The summed E-state index contributed by atoms with van der Waals surface area (Å²) in [6, 6.07) is 12.1. The van der Waals surface area contributed by atoms with Crippen LogP contribution in [0.1, 0.15) is 47.0 Å². The van der Waals surface area contributed by atoms with Crippen LogP contribution in [0.25, 0.3) is 6.08 Å². The van der Waals surface area contributed by atoms with E-state index in [-0.39, 0.29) is 1.43 Å². The zero-order valence-corrected chi connectivity index (χ0v) is 16.5. The molecule has 1 saturated heterocycles. The Morgan fingerprint density at radius 3 is 2.56 bits per heavy atom. The SMILES string of the molecule is CC.COCCN1CCC(N[C@@H]2C[C@H]2/C(C)=C/c2ccccc2)CC1.[HH]. The Morgan fingerprint density at radius 1 is 1.24 bits per heavy atom. The fourth-order valence-electron chi connectivity index (χ4n) is 3.65. The molecule has 1 aromatic rings. The molecule has 0 radical (unpaired) electrons. The van der Waals surface area contributed by atoms with E-state index in [0.717, 1.165) is 19.1 Å². The second-order valence-corrected chi connectivity index (χ2v) is 7.02.